The average molecular weight is 352 g/mol. The van der Waals surface area contributed by atoms with Gasteiger partial charge in [0.05, 0.1) is 6.54 Å². The minimum absolute atomic E-state index is 0.171. The van der Waals surface area contributed by atoms with Crippen molar-refractivity contribution in [3.8, 4) is 0 Å². The van der Waals surface area contributed by atoms with Gasteiger partial charge < -0.3 is 10.2 Å². The van der Waals surface area contributed by atoms with Crippen molar-refractivity contribution in [1.29, 1.82) is 0 Å². The third kappa shape index (κ3) is 4.15. The lowest BCUT2D eigenvalue weighted by atomic mass is 10.2. The molecule has 0 aromatic heterocycles. The molecule has 0 aromatic rings. The van der Waals surface area contributed by atoms with E-state index in [1.807, 2.05) is 6.92 Å². The van der Waals surface area contributed by atoms with Gasteiger partial charge >= 0.3 is 17.8 Å². The zero-order valence-corrected chi connectivity index (χ0v) is 14.6. The Labute approximate surface area is 146 Å². The van der Waals surface area contributed by atoms with E-state index in [9.17, 15) is 24.0 Å². The van der Waals surface area contributed by atoms with Gasteiger partial charge in [0, 0.05) is 19.6 Å². The molecule has 6 amide bonds. The van der Waals surface area contributed by atoms with E-state index in [0.29, 0.717) is 24.3 Å². The molecule has 0 spiro atoms. The molecule has 25 heavy (non-hydrogen) atoms. The van der Waals surface area contributed by atoms with E-state index in [1.54, 1.807) is 0 Å². The molecule has 0 atom stereocenters. The Morgan fingerprint density at radius 1 is 1.16 bits per heavy atom. The van der Waals surface area contributed by atoms with E-state index in [1.165, 1.54) is 7.05 Å². The lowest BCUT2D eigenvalue weighted by Gasteiger charge is -2.22. The topological polar surface area (TPSA) is 107 Å². The molecule has 2 rings (SSSR count). The molecular weight excluding hydrogens is 328 g/mol. The minimum atomic E-state index is -0.978. The standard InChI is InChI=1S/C16H24N4O5/c1-3-8-17-12(21)9-18(2)13(22)10-19-14(23)15(24)20(16(19)25)11-6-4-5-7-11/h11H,3-10H2,1-2H3,(H,17,21). The molecule has 0 bridgehead atoms. The predicted molar refractivity (Wildman–Crippen MR) is 87.1 cm³/mol. The summed E-state index contributed by atoms with van der Waals surface area (Å²) in [5.41, 5.74) is 0. The summed E-state index contributed by atoms with van der Waals surface area (Å²) < 4.78 is 0. The maximum absolute atomic E-state index is 12.4. The second kappa shape index (κ2) is 8.09. The summed E-state index contributed by atoms with van der Waals surface area (Å²) in [6.45, 7) is 1.71. The zero-order valence-electron chi connectivity index (χ0n) is 14.6. The van der Waals surface area contributed by atoms with Crippen LogP contribution >= 0.6 is 0 Å². The lowest BCUT2D eigenvalue weighted by Crippen LogP contribution is -2.46. The monoisotopic (exact) mass is 352 g/mol. The average Bonchev–Trinajstić information content (AvgIpc) is 3.16. The summed E-state index contributed by atoms with van der Waals surface area (Å²) in [7, 11) is 1.41. The van der Waals surface area contributed by atoms with Crippen molar-refractivity contribution >= 4 is 29.7 Å². The molecule has 1 saturated heterocycles. The van der Waals surface area contributed by atoms with Gasteiger partial charge in [-0.1, -0.05) is 19.8 Å². The summed E-state index contributed by atoms with van der Waals surface area (Å²) >= 11 is 0. The van der Waals surface area contributed by atoms with Crippen molar-refractivity contribution in [2.24, 2.45) is 0 Å². The fourth-order valence-corrected chi connectivity index (χ4v) is 3.03. The van der Waals surface area contributed by atoms with Crippen molar-refractivity contribution in [2.45, 2.75) is 45.1 Å². The molecule has 1 aliphatic carbocycles. The number of rotatable bonds is 7. The summed E-state index contributed by atoms with van der Waals surface area (Å²) in [6, 6.07) is -0.999. The predicted octanol–water partition coefficient (Wildman–Crippen LogP) is -0.296. The Morgan fingerprint density at radius 3 is 2.40 bits per heavy atom. The van der Waals surface area contributed by atoms with Crippen molar-refractivity contribution < 1.29 is 24.0 Å². The molecule has 2 aliphatic rings. The SMILES string of the molecule is CCCNC(=O)CN(C)C(=O)CN1C(=O)C(=O)N(C2CCCC2)C1=O. The molecule has 1 aliphatic heterocycles. The van der Waals surface area contributed by atoms with Gasteiger partial charge in [0.25, 0.3) is 0 Å². The summed E-state index contributed by atoms with van der Waals surface area (Å²) in [6.07, 6.45) is 3.96. The number of imide groups is 2. The first-order chi connectivity index (χ1) is 11.9. The Bertz CT molecular complexity index is 585. The number of likely N-dealkylation sites (N-methyl/N-ethyl adjacent to an activating group) is 1. The third-order valence-corrected chi connectivity index (χ3v) is 4.45. The largest absolute Gasteiger partial charge is 0.355 e. The minimum Gasteiger partial charge on any atom is -0.355 e. The molecule has 9 nitrogen and oxygen atoms in total. The van der Waals surface area contributed by atoms with Crippen molar-refractivity contribution in [1.82, 2.24) is 20.0 Å². The summed E-state index contributed by atoms with van der Waals surface area (Å²) in [4.78, 5) is 63.2. The second-order valence-electron chi connectivity index (χ2n) is 6.39. The Balaban J connectivity index is 1.95. The van der Waals surface area contributed by atoms with Gasteiger partial charge in [-0.25, -0.2) is 9.69 Å². The summed E-state index contributed by atoms with van der Waals surface area (Å²) in [5, 5.41) is 2.64. The number of hydrogen-bond donors (Lipinski definition) is 1. The van der Waals surface area contributed by atoms with Crippen LogP contribution in [-0.4, -0.2) is 77.1 Å². The van der Waals surface area contributed by atoms with E-state index in [4.69, 9.17) is 0 Å². The van der Waals surface area contributed by atoms with E-state index in [2.05, 4.69) is 5.32 Å². The van der Waals surface area contributed by atoms with Gasteiger partial charge in [-0.3, -0.25) is 24.1 Å². The fraction of sp³-hybridized carbons (Fsp3) is 0.688. The fourth-order valence-electron chi connectivity index (χ4n) is 3.03. The molecule has 0 unspecified atom stereocenters. The maximum atomic E-state index is 12.4. The molecule has 1 heterocycles. The molecule has 2 fully saturated rings. The molecule has 9 heteroatoms. The first-order valence-electron chi connectivity index (χ1n) is 8.56. The van der Waals surface area contributed by atoms with Crippen LogP contribution in [0.1, 0.15) is 39.0 Å². The van der Waals surface area contributed by atoms with E-state index >= 15 is 0 Å². The van der Waals surface area contributed by atoms with Crippen LogP contribution in [0.5, 0.6) is 0 Å². The number of carbonyl (C=O) groups excluding carboxylic acids is 5. The lowest BCUT2D eigenvalue weighted by molar-refractivity contribution is -0.145. The van der Waals surface area contributed by atoms with Crippen LogP contribution in [0.3, 0.4) is 0 Å². The van der Waals surface area contributed by atoms with Gasteiger partial charge in [0.2, 0.25) is 11.8 Å². The summed E-state index contributed by atoms with van der Waals surface area (Å²) in [5.74, 6) is -2.74. The number of amides is 6. The van der Waals surface area contributed by atoms with Gasteiger partial charge in [0.1, 0.15) is 6.54 Å². The Hall–Kier alpha value is -2.45. The highest BCUT2D eigenvalue weighted by atomic mass is 16.2. The molecule has 0 radical (unpaired) electrons. The number of nitrogens with zero attached hydrogens (tertiary/aromatic N) is 3. The van der Waals surface area contributed by atoms with Crippen LogP contribution in [0.25, 0.3) is 0 Å². The molecule has 1 N–H and O–H groups in total. The first-order valence-corrected chi connectivity index (χ1v) is 8.56. The van der Waals surface area contributed by atoms with Gasteiger partial charge in [0.15, 0.2) is 0 Å². The number of urea groups is 1. The zero-order chi connectivity index (χ0) is 18.6. The number of nitrogens with one attached hydrogen (secondary N) is 1. The third-order valence-electron chi connectivity index (χ3n) is 4.45. The van der Waals surface area contributed by atoms with Crippen LogP contribution in [0.15, 0.2) is 0 Å². The van der Waals surface area contributed by atoms with Gasteiger partial charge in [-0.2, -0.15) is 0 Å². The van der Waals surface area contributed by atoms with Crippen LogP contribution in [-0.2, 0) is 19.2 Å². The Morgan fingerprint density at radius 2 is 1.80 bits per heavy atom. The highest BCUT2D eigenvalue weighted by Crippen LogP contribution is 2.27. The molecular formula is C16H24N4O5. The molecule has 138 valence electrons. The van der Waals surface area contributed by atoms with Crippen molar-refractivity contribution in [3.63, 3.8) is 0 Å². The van der Waals surface area contributed by atoms with Crippen molar-refractivity contribution in [3.05, 3.63) is 0 Å². The number of hydrogen-bond acceptors (Lipinski definition) is 5. The van der Waals surface area contributed by atoms with Crippen molar-refractivity contribution in [2.75, 3.05) is 26.7 Å². The maximum Gasteiger partial charge on any atom is 0.334 e. The van der Waals surface area contributed by atoms with Crippen LogP contribution in [0, 0.1) is 0 Å². The molecule has 0 aromatic carbocycles. The van der Waals surface area contributed by atoms with E-state index in [-0.39, 0.29) is 18.5 Å². The van der Waals surface area contributed by atoms with E-state index in [0.717, 1.165) is 29.1 Å². The normalized spacial score (nSPS) is 18.2. The highest BCUT2D eigenvalue weighted by molar-refractivity contribution is 6.45. The van der Waals surface area contributed by atoms with Gasteiger partial charge in [-0.15, -0.1) is 0 Å². The van der Waals surface area contributed by atoms with Crippen LogP contribution in [0.4, 0.5) is 4.79 Å². The second-order valence-corrected chi connectivity index (χ2v) is 6.39. The highest BCUT2D eigenvalue weighted by Gasteiger charge is 2.48. The van der Waals surface area contributed by atoms with Gasteiger partial charge in [-0.05, 0) is 19.3 Å². The Kier molecular flexibility index (Phi) is 6.11. The smallest absolute Gasteiger partial charge is 0.334 e. The molecule has 1 saturated carbocycles. The first kappa shape index (κ1) is 18.9. The number of carbonyl (C=O) groups is 5. The quantitative estimate of drug-likeness (QED) is 0.500. The van der Waals surface area contributed by atoms with Crippen LogP contribution in [0.2, 0.25) is 0 Å². The van der Waals surface area contributed by atoms with Crippen LogP contribution < -0.4 is 5.32 Å². The van der Waals surface area contributed by atoms with E-state index < -0.39 is 30.3 Å².